The zero-order chi connectivity index (χ0) is 14.5. The first-order valence-electron chi connectivity index (χ1n) is 6.72. The Morgan fingerprint density at radius 2 is 2.00 bits per heavy atom. The SMILES string of the molecule is CN(CCSc1ccc2nnnn2n1)Cc1ccccc1. The summed E-state index contributed by atoms with van der Waals surface area (Å²) in [6, 6.07) is 14.3. The predicted molar refractivity (Wildman–Crippen MR) is 82.1 cm³/mol. The van der Waals surface area contributed by atoms with Crippen LogP contribution in [0.25, 0.3) is 5.65 Å². The van der Waals surface area contributed by atoms with E-state index < -0.39 is 0 Å². The molecule has 0 unspecified atom stereocenters. The van der Waals surface area contributed by atoms with Crippen LogP contribution in [0, 0.1) is 0 Å². The Bertz CT molecular complexity index is 699. The highest BCUT2D eigenvalue weighted by atomic mass is 32.2. The summed E-state index contributed by atoms with van der Waals surface area (Å²) < 4.78 is 1.45. The number of hydrogen-bond acceptors (Lipinski definition) is 6. The van der Waals surface area contributed by atoms with Gasteiger partial charge in [0.25, 0.3) is 0 Å². The summed E-state index contributed by atoms with van der Waals surface area (Å²) in [5.74, 6) is 0.976. The molecular formula is C14H16N6S. The van der Waals surface area contributed by atoms with Crippen LogP contribution in [-0.2, 0) is 6.54 Å². The molecule has 3 aromatic rings. The van der Waals surface area contributed by atoms with Gasteiger partial charge >= 0.3 is 0 Å². The molecule has 7 heteroatoms. The Labute approximate surface area is 127 Å². The fourth-order valence-corrected chi connectivity index (χ4v) is 2.90. The van der Waals surface area contributed by atoms with E-state index in [2.05, 4.69) is 56.8 Å². The van der Waals surface area contributed by atoms with Crippen LogP contribution in [0.2, 0.25) is 0 Å². The molecule has 0 radical (unpaired) electrons. The number of nitrogens with zero attached hydrogens (tertiary/aromatic N) is 6. The monoisotopic (exact) mass is 300 g/mol. The van der Waals surface area contributed by atoms with Crippen LogP contribution in [0.3, 0.4) is 0 Å². The minimum atomic E-state index is 0.667. The van der Waals surface area contributed by atoms with Gasteiger partial charge in [0.15, 0.2) is 5.65 Å². The van der Waals surface area contributed by atoms with E-state index in [1.807, 2.05) is 18.2 Å². The van der Waals surface area contributed by atoms with Crippen molar-refractivity contribution in [2.24, 2.45) is 0 Å². The van der Waals surface area contributed by atoms with Gasteiger partial charge in [-0.2, -0.15) is 0 Å². The Hall–Kier alpha value is -1.99. The highest BCUT2D eigenvalue weighted by molar-refractivity contribution is 7.99. The fraction of sp³-hybridized carbons (Fsp3) is 0.286. The molecule has 0 saturated carbocycles. The van der Waals surface area contributed by atoms with Gasteiger partial charge < -0.3 is 4.90 Å². The molecule has 2 heterocycles. The van der Waals surface area contributed by atoms with Crippen LogP contribution < -0.4 is 0 Å². The van der Waals surface area contributed by atoms with Crippen molar-refractivity contribution in [1.29, 1.82) is 0 Å². The van der Waals surface area contributed by atoms with Gasteiger partial charge in [0.2, 0.25) is 0 Å². The molecule has 2 aromatic heterocycles. The van der Waals surface area contributed by atoms with Crippen molar-refractivity contribution >= 4 is 17.4 Å². The van der Waals surface area contributed by atoms with Gasteiger partial charge in [0, 0.05) is 18.8 Å². The zero-order valence-corrected chi connectivity index (χ0v) is 12.6. The number of tetrazole rings is 1. The number of rotatable bonds is 6. The number of benzene rings is 1. The Balaban J connectivity index is 1.49. The first-order valence-corrected chi connectivity index (χ1v) is 7.70. The number of thioether (sulfide) groups is 1. The lowest BCUT2D eigenvalue weighted by Gasteiger charge is -2.16. The molecule has 0 spiro atoms. The summed E-state index contributed by atoms with van der Waals surface area (Å²) in [6.07, 6.45) is 0. The van der Waals surface area contributed by atoms with Crippen LogP contribution in [0.1, 0.15) is 5.56 Å². The van der Waals surface area contributed by atoms with Gasteiger partial charge in [0.05, 0.1) is 0 Å². The zero-order valence-electron chi connectivity index (χ0n) is 11.8. The molecule has 0 saturated heterocycles. The van der Waals surface area contributed by atoms with E-state index >= 15 is 0 Å². The van der Waals surface area contributed by atoms with Crippen LogP contribution in [0.15, 0.2) is 47.5 Å². The molecule has 0 atom stereocenters. The van der Waals surface area contributed by atoms with Crippen molar-refractivity contribution in [3.63, 3.8) is 0 Å². The molecule has 0 N–H and O–H groups in total. The molecule has 6 nitrogen and oxygen atoms in total. The van der Waals surface area contributed by atoms with Crippen molar-refractivity contribution < 1.29 is 0 Å². The van der Waals surface area contributed by atoms with Crippen molar-refractivity contribution in [3.8, 4) is 0 Å². The third kappa shape index (κ3) is 3.77. The van der Waals surface area contributed by atoms with Crippen LogP contribution in [0.4, 0.5) is 0 Å². The number of hydrogen-bond donors (Lipinski definition) is 0. The highest BCUT2D eigenvalue weighted by Gasteiger charge is 2.03. The van der Waals surface area contributed by atoms with E-state index in [1.165, 1.54) is 10.2 Å². The van der Waals surface area contributed by atoms with Crippen molar-refractivity contribution in [3.05, 3.63) is 48.0 Å². The topological polar surface area (TPSA) is 59.2 Å². The minimum absolute atomic E-state index is 0.667. The van der Waals surface area contributed by atoms with E-state index in [-0.39, 0.29) is 0 Å². The quantitative estimate of drug-likeness (QED) is 0.646. The lowest BCUT2D eigenvalue weighted by atomic mass is 10.2. The second kappa shape index (κ2) is 6.64. The first-order chi connectivity index (χ1) is 10.3. The van der Waals surface area contributed by atoms with E-state index in [9.17, 15) is 0 Å². The fourth-order valence-electron chi connectivity index (χ4n) is 1.99. The number of fused-ring (bicyclic) bond motifs is 1. The molecule has 0 fully saturated rings. The van der Waals surface area contributed by atoms with E-state index in [0.29, 0.717) is 5.65 Å². The second-order valence-corrected chi connectivity index (χ2v) is 5.89. The second-order valence-electron chi connectivity index (χ2n) is 4.77. The average molecular weight is 300 g/mol. The van der Waals surface area contributed by atoms with Crippen molar-refractivity contribution in [2.45, 2.75) is 11.6 Å². The standard InChI is InChI=1S/C14H16N6S/c1-19(11-12-5-3-2-4-6-12)9-10-21-14-8-7-13-15-17-18-20(13)16-14/h2-8H,9-11H2,1H3. The van der Waals surface area contributed by atoms with Crippen LogP contribution in [-0.4, -0.2) is 49.5 Å². The van der Waals surface area contributed by atoms with Gasteiger partial charge in [-0.25, -0.2) is 0 Å². The smallest absolute Gasteiger partial charge is 0.200 e. The van der Waals surface area contributed by atoms with Gasteiger partial charge in [-0.1, -0.05) is 30.3 Å². The van der Waals surface area contributed by atoms with Gasteiger partial charge in [-0.05, 0) is 35.2 Å². The molecule has 0 aliphatic heterocycles. The third-order valence-corrected chi connectivity index (χ3v) is 3.96. The molecular weight excluding hydrogens is 284 g/mol. The van der Waals surface area contributed by atoms with Crippen LogP contribution >= 0.6 is 11.8 Å². The first kappa shape index (κ1) is 14.0. The van der Waals surface area contributed by atoms with E-state index in [1.54, 1.807) is 11.8 Å². The van der Waals surface area contributed by atoms with Crippen LogP contribution in [0.5, 0.6) is 0 Å². The lowest BCUT2D eigenvalue weighted by molar-refractivity contribution is 0.348. The molecule has 1 aromatic carbocycles. The van der Waals surface area contributed by atoms with Crippen molar-refractivity contribution in [2.75, 3.05) is 19.3 Å². The predicted octanol–water partition coefficient (Wildman–Crippen LogP) is 1.74. The summed E-state index contributed by atoms with van der Waals surface area (Å²) in [7, 11) is 2.13. The Morgan fingerprint density at radius 1 is 1.14 bits per heavy atom. The van der Waals surface area contributed by atoms with Gasteiger partial charge in [0.1, 0.15) is 5.03 Å². The Kier molecular flexibility index (Phi) is 4.42. The maximum Gasteiger partial charge on any atom is 0.200 e. The van der Waals surface area contributed by atoms with E-state index in [4.69, 9.17) is 0 Å². The minimum Gasteiger partial charge on any atom is -0.301 e. The summed E-state index contributed by atoms with van der Waals surface area (Å²) in [5.41, 5.74) is 2.00. The molecule has 0 amide bonds. The molecule has 0 aliphatic rings. The maximum absolute atomic E-state index is 4.34. The van der Waals surface area contributed by atoms with Gasteiger partial charge in [-0.3, -0.25) is 0 Å². The summed E-state index contributed by atoms with van der Waals surface area (Å²) >= 11 is 1.71. The summed E-state index contributed by atoms with van der Waals surface area (Å²) in [6.45, 7) is 1.95. The normalized spacial score (nSPS) is 11.3. The molecule has 21 heavy (non-hydrogen) atoms. The molecule has 3 rings (SSSR count). The molecule has 108 valence electrons. The number of aromatic nitrogens is 5. The average Bonchev–Trinajstić information content (AvgIpc) is 2.96. The molecule has 0 bridgehead atoms. The Morgan fingerprint density at radius 3 is 2.86 bits per heavy atom. The summed E-state index contributed by atoms with van der Waals surface area (Å²) in [4.78, 5) is 2.30. The lowest BCUT2D eigenvalue weighted by Crippen LogP contribution is -2.20. The highest BCUT2D eigenvalue weighted by Crippen LogP contribution is 2.15. The van der Waals surface area contributed by atoms with Crippen molar-refractivity contribution in [1.82, 2.24) is 30.2 Å². The summed E-state index contributed by atoms with van der Waals surface area (Å²) in [5, 5.41) is 16.5. The largest absolute Gasteiger partial charge is 0.301 e. The molecule has 0 aliphatic carbocycles. The van der Waals surface area contributed by atoms with E-state index in [0.717, 1.165) is 23.9 Å². The van der Waals surface area contributed by atoms with Gasteiger partial charge in [-0.15, -0.1) is 26.6 Å². The third-order valence-electron chi connectivity index (χ3n) is 3.06. The maximum atomic E-state index is 4.34.